The van der Waals surface area contributed by atoms with Gasteiger partial charge in [-0.25, -0.2) is 4.98 Å². The second-order valence-electron chi connectivity index (χ2n) is 6.45. The molecule has 134 valence electrons. The fourth-order valence-corrected chi connectivity index (χ4v) is 3.46. The minimum absolute atomic E-state index is 0.00862. The molecule has 2 atom stereocenters. The third-order valence-corrected chi connectivity index (χ3v) is 5.05. The summed E-state index contributed by atoms with van der Waals surface area (Å²) in [5, 5.41) is 9.02. The highest BCUT2D eigenvalue weighted by molar-refractivity contribution is 6.29. The molecule has 1 aliphatic rings. The number of pyridine rings is 1. The van der Waals surface area contributed by atoms with Gasteiger partial charge in [0, 0.05) is 38.3 Å². The van der Waals surface area contributed by atoms with E-state index < -0.39 is 0 Å². The lowest BCUT2D eigenvalue weighted by atomic mass is 9.81. The summed E-state index contributed by atoms with van der Waals surface area (Å²) in [6.07, 6.45) is 3.65. The number of halogens is 1. The Morgan fingerprint density at radius 1 is 1.48 bits per heavy atom. The molecule has 2 unspecified atom stereocenters. The molecule has 0 bridgehead atoms. The molecule has 0 aromatic carbocycles. The van der Waals surface area contributed by atoms with Crippen LogP contribution < -0.4 is 0 Å². The molecule has 1 aromatic heterocycles. The van der Waals surface area contributed by atoms with E-state index in [1.807, 2.05) is 11.0 Å². The maximum absolute atomic E-state index is 12.7. The Balaban J connectivity index is 2.00. The van der Waals surface area contributed by atoms with Crippen LogP contribution in [0.25, 0.3) is 0 Å². The molecule has 0 N–H and O–H groups in total. The van der Waals surface area contributed by atoms with Crippen LogP contribution in [0.1, 0.15) is 36.5 Å². The number of aromatic nitrogens is 1. The topological polar surface area (TPSA) is 77.3 Å². The lowest BCUT2D eigenvalue weighted by Crippen LogP contribution is -2.45. The highest BCUT2D eigenvalue weighted by atomic mass is 35.5. The number of piperidine rings is 1. The molecule has 0 radical (unpaired) electrons. The number of nitrogens with zero attached hydrogens (tertiary/aromatic N) is 4. The Morgan fingerprint density at radius 2 is 2.24 bits per heavy atom. The summed E-state index contributed by atoms with van der Waals surface area (Å²) in [7, 11) is 1.65. The van der Waals surface area contributed by atoms with Crippen LogP contribution >= 0.6 is 11.6 Å². The molecule has 1 aliphatic heterocycles. The number of carbonyl (C=O) groups is 2. The summed E-state index contributed by atoms with van der Waals surface area (Å²) in [5.74, 6) is 0.456. The van der Waals surface area contributed by atoms with Gasteiger partial charge in [-0.2, -0.15) is 5.26 Å². The minimum atomic E-state index is -0.0471. The van der Waals surface area contributed by atoms with Crippen LogP contribution in [0.5, 0.6) is 0 Å². The lowest BCUT2D eigenvalue weighted by Gasteiger charge is -2.38. The molecule has 1 saturated heterocycles. The molecule has 2 amide bonds. The van der Waals surface area contributed by atoms with E-state index >= 15 is 0 Å². The van der Waals surface area contributed by atoms with E-state index in [2.05, 4.69) is 11.9 Å². The Bertz CT molecular complexity index is 673. The van der Waals surface area contributed by atoms with Crippen LogP contribution in [0.4, 0.5) is 0 Å². The number of nitriles is 1. The Kier molecular flexibility index (Phi) is 6.77. The van der Waals surface area contributed by atoms with Gasteiger partial charge in [0.05, 0.1) is 6.07 Å². The lowest BCUT2D eigenvalue weighted by molar-refractivity contribution is -0.131. The largest absolute Gasteiger partial charge is 0.338 e. The molecule has 1 aromatic rings. The smallest absolute Gasteiger partial charge is 0.254 e. The molecule has 0 aliphatic carbocycles. The molecular formula is C18H23ClN4O2. The van der Waals surface area contributed by atoms with Crippen molar-refractivity contribution in [1.29, 1.82) is 5.26 Å². The van der Waals surface area contributed by atoms with Crippen LogP contribution in [-0.4, -0.2) is 53.3 Å². The predicted molar refractivity (Wildman–Crippen MR) is 94.9 cm³/mol. The number of rotatable bonds is 5. The Hall–Kier alpha value is -2.13. The van der Waals surface area contributed by atoms with Gasteiger partial charge in [-0.1, -0.05) is 24.9 Å². The first kappa shape index (κ1) is 19.2. The van der Waals surface area contributed by atoms with Gasteiger partial charge in [0.1, 0.15) is 11.7 Å². The zero-order valence-corrected chi connectivity index (χ0v) is 15.4. The van der Waals surface area contributed by atoms with Crippen LogP contribution in [0.2, 0.25) is 5.15 Å². The van der Waals surface area contributed by atoms with Crippen LogP contribution in [0.15, 0.2) is 18.3 Å². The average Bonchev–Trinajstić information content (AvgIpc) is 2.61. The van der Waals surface area contributed by atoms with Gasteiger partial charge in [-0.3, -0.25) is 9.59 Å². The van der Waals surface area contributed by atoms with Crippen molar-refractivity contribution >= 4 is 23.4 Å². The average molecular weight is 363 g/mol. The third kappa shape index (κ3) is 4.93. The molecule has 6 nitrogen and oxygen atoms in total. The van der Waals surface area contributed by atoms with Crippen molar-refractivity contribution in [2.45, 2.75) is 26.2 Å². The van der Waals surface area contributed by atoms with E-state index in [1.54, 1.807) is 19.2 Å². The molecule has 0 saturated carbocycles. The zero-order chi connectivity index (χ0) is 18.4. The van der Waals surface area contributed by atoms with Gasteiger partial charge < -0.3 is 9.80 Å². The summed E-state index contributed by atoms with van der Waals surface area (Å²) >= 11 is 5.87. The normalized spacial score (nSPS) is 20.0. The summed E-state index contributed by atoms with van der Waals surface area (Å²) in [6.45, 7) is 3.44. The standard InChI is InChI=1S/C18H23ClN4O2/c1-3-13-12-23(18(25)15-4-7-21-16(19)10-15)8-5-14(13)11-17(24)22(2)9-6-20/h4,7,10,13-14H,3,5,8-9,11-12H2,1-2H3. The maximum atomic E-state index is 12.7. The molecule has 0 spiro atoms. The van der Waals surface area contributed by atoms with Crippen molar-refractivity contribution in [1.82, 2.24) is 14.8 Å². The third-order valence-electron chi connectivity index (χ3n) is 4.85. The maximum Gasteiger partial charge on any atom is 0.254 e. The van der Waals surface area contributed by atoms with Gasteiger partial charge >= 0.3 is 0 Å². The SMILES string of the molecule is CCC1CN(C(=O)c2ccnc(Cl)c2)CCC1CC(=O)N(C)CC#N. The van der Waals surface area contributed by atoms with Crippen molar-refractivity contribution in [3.8, 4) is 6.07 Å². The highest BCUT2D eigenvalue weighted by Gasteiger charge is 2.32. The number of amides is 2. The molecule has 2 heterocycles. The number of likely N-dealkylation sites (tertiary alicyclic amines) is 1. The number of hydrogen-bond acceptors (Lipinski definition) is 4. The van der Waals surface area contributed by atoms with Crippen molar-refractivity contribution < 1.29 is 9.59 Å². The quantitative estimate of drug-likeness (QED) is 0.595. The monoisotopic (exact) mass is 362 g/mol. The molecule has 25 heavy (non-hydrogen) atoms. The summed E-state index contributed by atoms with van der Waals surface area (Å²) in [4.78, 5) is 32.1. The second-order valence-corrected chi connectivity index (χ2v) is 6.83. The van der Waals surface area contributed by atoms with Gasteiger partial charge in [-0.15, -0.1) is 0 Å². The minimum Gasteiger partial charge on any atom is -0.338 e. The predicted octanol–water partition coefficient (Wildman–Crippen LogP) is 2.60. The van der Waals surface area contributed by atoms with Crippen molar-refractivity contribution in [3.63, 3.8) is 0 Å². The first-order valence-corrected chi connectivity index (χ1v) is 8.85. The van der Waals surface area contributed by atoms with E-state index in [0.717, 1.165) is 12.8 Å². The summed E-state index contributed by atoms with van der Waals surface area (Å²) in [6, 6.07) is 5.24. The van der Waals surface area contributed by atoms with E-state index in [9.17, 15) is 9.59 Å². The van der Waals surface area contributed by atoms with E-state index in [-0.39, 0.29) is 30.2 Å². The van der Waals surface area contributed by atoms with Gasteiger partial charge in [0.15, 0.2) is 0 Å². The van der Waals surface area contributed by atoms with E-state index in [0.29, 0.717) is 30.2 Å². The first-order valence-electron chi connectivity index (χ1n) is 8.48. The summed E-state index contributed by atoms with van der Waals surface area (Å²) in [5.41, 5.74) is 0.540. The highest BCUT2D eigenvalue weighted by Crippen LogP contribution is 2.30. The van der Waals surface area contributed by atoms with Crippen LogP contribution in [0, 0.1) is 23.2 Å². The molecule has 7 heteroatoms. The van der Waals surface area contributed by atoms with Gasteiger partial charge in [0.25, 0.3) is 5.91 Å². The zero-order valence-electron chi connectivity index (χ0n) is 14.6. The van der Waals surface area contributed by atoms with Crippen molar-refractivity contribution in [3.05, 3.63) is 29.0 Å². The van der Waals surface area contributed by atoms with E-state index in [1.165, 1.54) is 11.1 Å². The van der Waals surface area contributed by atoms with Crippen molar-refractivity contribution in [2.24, 2.45) is 11.8 Å². The Labute approximate surface area is 153 Å². The molecule has 2 rings (SSSR count). The van der Waals surface area contributed by atoms with E-state index in [4.69, 9.17) is 16.9 Å². The summed E-state index contributed by atoms with van der Waals surface area (Å²) < 4.78 is 0. The van der Waals surface area contributed by atoms with Gasteiger partial charge in [-0.05, 0) is 30.4 Å². The second kappa shape index (κ2) is 8.82. The number of carbonyl (C=O) groups excluding carboxylic acids is 2. The number of hydrogen-bond donors (Lipinski definition) is 0. The molecular weight excluding hydrogens is 340 g/mol. The van der Waals surface area contributed by atoms with Crippen LogP contribution in [0.3, 0.4) is 0 Å². The van der Waals surface area contributed by atoms with Crippen molar-refractivity contribution in [2.75, 3.05) is 26.7 Å². The van der Waals surface area contributed by atoms with Crippen LogP contribution in [-0.2, 0) is 4.79 Å². The fraction of sp³-hybridized carbons (Fsp3) is 0.556. The Morgan fingerprint density at radius 3 is 2.88 bits per heavy atom. The first-order chi connectivity index (χ1) is 12.0. The fourth-order valence-electron chi connectivity index (χ4n) is 3.29. The van der Waals surface area contributed by atoms with Gasteiger partial charge in [0.2, 0.25) is 5.91 Å². The molecule has 1 fully saturated rings.